The normalized spacial score (nSPS) is 25.2. The van der Waals surface area contributed by atoms with Gasteiger partial charge in [-0.05, 0) is 42.9 Å². The van der Waals surface area contributed by atoms with Gasteiger partial charge in [-0.1, -0.05) is 45.6 Å². The van der Waals surface area contributed by atoms with E-state index in [-0.39, 0.29) is 18.5 Å². The summed E-state index contributed by atoms with van der Waals surface area (Å²) >= 11 is 0. The van der Waals surface area contributed by atoms with Crippen molar-refractivity contribution >= 4 is 17.6 Å². The number of hydrogen-bond acceptors (Lipinski definition) is 3. The molecule has 1 fully saturated rings. The van der Waals surface area contributed by atoms with Crippen LogP contribution in [0.2, 0.25) is 0 Å². The van der Waals surface area contributed by atoms with Crippen LogP contribution < -0.4 is 5.32 Å². The Kier molecular flexibility index (Phi) is 6.73. The molecule has 1 saturated carbocycles. The summed E-state index contributed by atoms with van der Waals surface area (Å²) in [4.78, 5) is 41.2. The van der Waals surface area contributed by atoms with E-state index in [1.54, 1.807) is 19.2 Å². The van der Waals surface area contributed by atoms with Gasteiger partial charge in [-0.25, -0.2) is 0 Å². The summed E-state index contributed by atoms with van der Waals surface area (Å²) in [5, 5.41) is 1.72. The van der Waals surface area contributed by atoms with Gasteiger partial charge in [-0.15, -0.1) is 0 Å². The van der Waals surface area contributed by atoms with Gasteiger partial charge in [-0.2, -0.15) is 26.3 Å². The molecule has 202 valence electrons. The van der Waals surface area contributed by atoms with Crippen LogP contribution >= 0.6 is 0 Å². The fourth-order valence-corrected chi connectivity index (χ4v) is 5.76. The summed E-state index contributed by atoms with van der Waals surface area (Å²) in [7, 11) is 0. The molecular weight excluding hydrogens is 502 g/mol. The molecule has 1 atom stereocenters. The maximum atomic E-state index is 14.9. The van der Waals surface area contributed by atoms with Crippen LogP contribution in [-0.4, -0.2) is 40.3 Å². The Morgan fingerprint density at radius 2 is 1.59 bits per heavy atom. The number of carbonyl (C=O) groups is 3. The maximum absolute atomic E-state index is 14.9. The summed E-state index contributed by atoms with van der Waals surface area (Å²) in [6.07, 6.45) is -6.47. The maximum Gasteiger partial charge on any atom is 0.425 e. The highest BCUT2D eigenvalue weighted by Gasteiger charge is 2.72. The van der Waals surface area contributed by atoms with Crippen LogP contribution in [0, 0.1) is 5.41 Å². The second-order valence-electron chi connectivity index (χ2n) is 10.9. The number of carbonyl (C=O) groups excluding carboxylic acids is 3. The third-order valence-electron chi connectivity index (χ3n) is 7.43. The van der Waals surface area contributed by atoms with Crippen molar-refractivity contribution in [2.45, 2.75) is 89.1 Å². The Morgan fingerprint density at radius 1 is 0.973 bits per heavy atom. The van der Waals surface area contributed by atoms with Crippen molar-refractivity contribution in [1.29, 1.82) is 0 Å². The molecule has 0 radical (unpaired) electrons. The van der Waals surface area contributed by atoms with E-state index < -0.39 is 63.6 Å². The third kappa shape index (κ3) is 4.77. The third-order valence-corrected chi connectivity index (χ3v) is 7.43. The van der Waals surface area contributed by atoms with Gasteiger partial charge in [-0.3, -0.25) is 14.4 Å². The van der Waals surface area contributed by atoms with Crippen LogP contribution in [0.1, 0.15) is 81.1 Å². The number of nitrogens with zero attached hydrogens (tertiary/aromatic N) is 1. The van der Waals surface area contributed by atoms with Gasteiger partial charge in [0, 0.05) is 23.7 Å². The summed E-state index contributed by atoms with van der Waals surface area (Å²) in [5.41, 5.74) is -7.17. The lowest BCUT2D eigenvalue weighted by molar-refractivity contribution is -0.191. The molecule has 3 aliphatic rings. The highest BCUT2D eigenvalue weighted by Crippen LogP contribution is 2.53. The molecule has 5 nitrogen and oxygen atoms in total. The lowest BCUT2D eigenvalue weighted by Gasteiger charge is -2.36. The number of ketones is 1. The molecule has 2 amide bonds. The molecule has 37 heavy (non-hydrogen) atoms. The van der Waals surface area contributed by atoms with Gasteiger partial charge in [0.2, 0.25) is 5.54 Å². The molecular formula is C26H28F6N2O3. The topological polar surface area (TPSA) is 66.5 Å². The van der Waals surface area contributed by atoms with Crippen molar-refractivity contribution in [3.63, 3.8) is 0 Å². The Labute approximate surface area is 210 Å². The number of benzene rings is 1. The Hall–Kier alpha value is -2.85. The second-order valence-corrected chi connectivity index (χ2v) is 10.9. The van der Waals surface area contributed by atoms with Crippen molar-refractivity contribution in [2.75, 3.05) is 0 Å². The monoisotopic (exact) mass is 530 g/mol. The van der Waals surface area contributed by atoms with Crippen LogP contribution in [0.5, 0.6) is 0 Å². The van der Waals surface area contributed by atoms with Crippen molar-refractivity contribution in [3.05, 3.63) is 46.7 Å². The van der Waals surface area contributed by atoms with E-state index in [0.717, 1.165) is 29.9 Å². The average molecular weight is 531 g/mol. The molecule has 1 aromatic rings. The van der Waals surface area contributed by atoms with Crippen molar-refractivity contribution < 1.29 is 40.7 Å². The lowest BCUT2D eigenvalue weighted by atomic mass is 9.72. The lowest BCUT2D eigenvalue weighted by Crippen LogP contribution is -2.66. The molecule has 0 bridgehead atoms. The average Bonchev–Trinajstić information content (AvgIpc) is 2.93. The van der Waals surface area contributed by atoms with Crippen LogP contribution in [0.3, 0.4) is 0 Å². The fourth-order valence-electron chi connectivity index (χ4n) is 5.76. The van der Waals surface area contributed by atoms with E-state index in [0.29, 0.717) is 37.8 Å². The number of amides is 2. The molecule has 1 aromatic carbocycles. The largest absolute Gasteiger partial charge is 0.425 e. The van der Waals surface area contributed by atoms with E-state index >= 15 is 0 Å². The zero-order valence-electron chi connectivity index (χ0n) is 20.5. The van der Waals surface area contributed by atoms with Crippen molar-refractivity contribution in [1.82, 2.24) is 10.2 Å². The number of halogens is 6. The Morgan fingerprint density at radius 3 is 2.16 bits per heavy atom. The molecule has 4 rings (SSSR count). The van der Waals surface area contributed by atoms with Crippen LogP contribution in [0.15, 0.2) is 35.5 Å². The molecule has 2 aliphatic carbocycles. The number of alkyl halides is 6. The number of rotatable bonds is 3. The SMILES string of the molecule is CC1(C)CC(=O)C2=C(C1)N(C1CCCCCC1)C(=O)[C@]2(NC(=O)c1cccc(C(F)(F)F)c1)C(F)(F)F. The molecule has 0 saturated heterocycles. The summed E-state index contributed by atoms with van der Waals surface area (Å²) in [6.45, 7) is 3.44. The minimum atomic E-state index is -5.42. The fraction of sp³-hybridized carbons (Fsp3) is 0.577. The van der Waals surface area contributed by atoms with Crippen LogP contribution in [0.4, 0.5) is 26.3 Å². The van der Waals surface area contributed by atoms with Gasteiger partial charge in [0.15, 0.2) is 5.78 Å². The van der Waals surface area contributed by atoms with E-state index in [9.17, 15) is 40.7 Å². The smallest absolute Gasteiger partial charge is 0.326 e. The first-order valence-corrected chi connectivity index (χ1v) is 12.3. The van der Waals surface area contributed by atoms with Crippen molar-refractivity contribution in [2.24, 2.45) is 5.41 Å². The standard InChI is InChI=1S/C26H28F6N2O3/c1-23(2)13-18-20(19(35)14-23)24(26(30,31)32,22(37)34(18)17-10-5-3-4-6-11-17)33-21(36)15-8-7-9-16(12-15)25(27,28)29/h7-9,12,17H,3-6,10-11,13-14H2,1-2H3,(H,33,36)/t24-/m0/s1. The molecule has 0 aromatic heterocycles. The minimum Gasteiger partial charge on any atom is -0.326 e. The Balaban J connectivity index is 1.86. The molecule has 1 N–H and O–H groups in total. The summed E-state index contributed by atoms with van der Waals surface area (Å²) < 4.78 is 84.3. The van der Waals surface area contributed by atoms with Crippen molar-refractivity contribution in [3.8, 4) is 0 Å². The predicted octanol–water partition coefficient (Wildman–Crippen LogP) is 5.94. The number of Topliss-reactive ketones (excluding diaryl/α,β-unsaturated/α-hetero) is 1. The second kappa shape index (κ2) is 9.16. The van der Waals surface area contributed by atoms with Gasteiger partial charge >= 0.3 is 12.4 Å². The summed E-state index contributed by atoms with van der Waals surface area (Å²) in [6, 6.07) is 2.35. The van der Waals surface area contributed by atoms with Crippen LogP contribution in [-0.2, 0) is 15.8 Å². The van der Waals surface area contributed by atoms with E-state index in [4.69, 9.17) is 0 Å². The van der Waals surface area contributed by atoms with E-state index in [1.807, 2.05) is 0 Å². The highest BCUT2D eigenvalue weighted by atomic mass is 19.4. The number of hydrogen-bond donors (Lipinski definition) is 1. The zero-order valence-corrected chi connectivity index (χ0v) is 20.5. The Bertz CT molecular complexity index is 1150. The highest BCUT2D eigenvalue weighted by molar-refractivity contribution is 6.14. The van der Waals surface area contributed by atoms with Gasteiger partial charge in [0.1, 0.15) is 0 Å². The molecule has 1 aliphatic heterocycles. The molecule has 11 heteroatoms. The predicted molar refractivity (Wildman–Crippen MR) is 121 cm³/mol. The quantitative estimate of drug-likeness (QED) is 0.388. The molecule has 1 heterocycles. The van der Waals surface area contributed by atoms with Crippen LogP contribution in [0.25, 0.3) is 0 Å². The van der Waals surface area contributed by atoms with Gasteiger partial charge in [0.25, 0.3) is 11.8 Å². The van der Waals surface area contributed by atoms with Gasteiger partial charge in [0.05, 0.1) is 11.1 Å². The first-order chi connectivity index (χ1) is 17.1. The number of allylic oxidation sites excluding steroid dienone is 1. The number of nitrogens with one attached hydrogen (secondary N) is 1. The minimum absolute atomic E-state index is 0.0214. The zero-order chi connectivity index (χ0) is 27.4. The van der Waals surface area contributed by atoms with Gasteiger partial charge < -0.3 is 10.2 Å². The summed E-state index contributed by atoms with van der Waals surface area (Å²) in [5.74, 6) is -3.90. The van der Waals surface area contributed by atoms with E-state index in [2.05, 4.69) is 0 Å². The molecule has 0 unspecified atom stereocenters. The van der Waals surface area contributed by atoms with E-state index in [1.165, 1.54) is 0 Å². The first kappa shape index (κ1) is 27.2. The first-order valence-electron chi connectivity index (χ1n) is 12.3. The molecule has 0 spiro atoms.